The fourth-order valence-electron chi connectivity index (χ4n) is 2.80. The van der Waals surface area contributed by atoms with Gasteiger partial charge in [0.1, 0.15) is 0 Å². The van der Waals surface area contributed by atoms with E-state index >= 15 is 0 Å². The number of sulfonamides is 1. The van der Waals surface area contributed by atoms with Crippen LogP contribution in [-0.2, 0) is 14.8 Å². The summed E-state index contributed by atoms with van der Waals surface area (Å²) in [6, 6.07) is 5.32. The molecule has 1 amide bonds. The lowest BCUT2D eigenvalue weighted by molar-refractivity contribution is -0.118. The summed E-state index contributed by atoms with van der Waals surface area (Å²) >= 11 is 0. The number of rotatable bonds is 6. The Balaban J connectivity index is 1.63. The van der Waals surface area contributed by atoms with Crippen molar-refractivity contribution >= 4 is 21.6 Å². The van der Waals surface area contributed by atoms with Crippen molar-refractivity contribution in [3.05, 3.63) is 53.6 Å². The second-order valence-corrected chi connectivity index (χ2v) is 8.21. The van der Waals surface area contributed by atoms with Gasteiger partial charge in [0.05, 0.1) is 4.90 Å². The number of nitrogens with zero attached hydrogens (tertiary/aromatic N) is 1. The quantitative estimate of drug-likeness (QED) is 0.563. The van der Waals surface area contributed by atoms with Crippen molar-refractivity contribution in [3.63, 3.8) is 0 Å². The number of carbonyl (C=O) groups is 1. The molecule has 0 aliphatic carbocycles. The van der Waals surface area contributed by atoms with Crippen molar-refractivity contribution in [1.82, 2.24) is 4.31 Å². The Morgan fingerprint density at radius 3 is 2.10 bits per heavy atom. The van der Waals surface area contributed by atoms with Gasteiger partial charge in [0.15, 0.2) is 24.0 Å². The van der Waals surface area contributed by atoms with Crippen molar-refractivity contribution in [1.29, 1.82) is 0 Å². The van der Waals surface area contributed by atoms with E-state index in [0.717, 1.165) is 12.8 Å². The van der Waals surface area contributed by atoms with Crippen molar-refractivity contribution in [2.75, 3.05) is 25.0 Å². The van der Waals surface area contributed by atoms with Crippen LogP contribution in [0.25, 0.3) is 0 Å². The molecule has 1 heterocycles. The predicted molar refractivity (Wildman–Crippen MR) is 94.8 cm³/mol. The lowest BCUT2D eigenvalue weighted by atomic mass is 10.3. The van der Waals surface area contributed by atoms with E-state index in [2.05, 4.69) is 10.1 Å². The highest BCUT2D eigenvalue weighted by atomic mass is 32.2. The van der Waals surface area contributed by atoms with Gasteiger partial charge in [-0.3, -0.25) is 4.79 Å². The minimum Gasteiger partial charge on any atom is -0.477 e. The Morgan fingerprint density at radius 2 is 1.55 bits per heavy atom. The molecule has 1 aliphatic rings. The number of nitrogens with one attached hydrogen (secondary N) is 1. The molecule has 0 atom stereocenters. The first kappa shape index (κ1) is 21.1. The molecule has 0 radical (unpaired) electrons. The molecular formula is C18H16F4N2O4S. The van der Waals surface area contributed by atoms with Crippen LogP contribution in [-0.4, -0.2) is 38.3 Å². The highest BCUT2D eigenvalue weighted by molar-refractivity contribution is 7.89. The highest BCUT2D eigenvalue weighted by Crippen LogP contribution is 2.26. The number of hydrogen-bond donors (Lipinski definition) is 1. The summed E-state index contributed by atoms with van der Waals surface area (Å²) in [4.78, 5) is 11.9. The van der Waals surface area contributed by atoms with Crippen LogP contribution in [0.15, 0.2) is 35.2 Å². The molecule has 0 aromatic heterocycles. The van der Waals surface area contributed by atoms with Crippen molar-refractivity contribution in [2.24, 2.45) is 0 Å². The number of anilines is 1. The molecule has 1 aliphatic heterocycles. The van der Waals surface area contributed by atoms with Gasteiger partial charge < -0.3 is 10.1 Å². The summed E-state index contributed by atoms with van der Waals surface area (Å²) in [5.74, 6) is -9.04. The molecule has 1 N–H and O–H groups in total. The Labute approximate surface area is 164 Å². The largest absolute Gasteiger partial charge is 0.477 e. The smallest absolute Gasteiger partial charge is 0.262 e. The maximum Gasteiger partial charge on any atom is 0.262 e. The van der Waals surface area contributed by atoms with E-state index in [1.807, 2.05) is 0 Å². The van der Waals surface area contributed by atoms with Gasteiger partial charge in [-0.05, 0) is 37.1 Å². The lowest BCUT2D eigenvalue weighted by Crippen LogP contribution is -2.27. The van der Waals surface area contributed by atoms with Gasteiger partial charge in [-0.25, -0.2) is 17.2 Å². The molecule has 2 aromatic carbocycles. The predicted octanol–water partition coefficient (Wildman–Crippen LogP) is 3.05. The van der Waals surface area contributed by atoms with Gasteiger partial charge in [-0.2, -0.15) is 13.1 Å². The molecule has 29 heavy (non-hydrogen) atoms. The van der Waals surface area contributed by atoms with Crippen LogP contribution >= 0.6 is 0 Å². The number of ether oxygens (including phenoxy) is 1. The van der Waals surface area contributed by atoms with E-state index in [1.54, 1.807) is 0 Å². The van der Waals surface area contributed by atoms with Crippen LogP contribution < -0.4 is 10.1 Å². The van der Waals surface area contributed by atoms with Crippen molar-refractivity contribution < 1.29 is 35.5 Å². The molecule has 0 saturated carbocycles. The molecule has 2 aromatic rings. The molecule has 0 spiro atoms. The molecule has 11 heteroatoms. The molecule has 1 fully saturated rings. The normalized spacial score (nSPS) is 14.8. The van der Waals surface area contributed by atoms with Crippen LogP contribution in [0.2, 0.25) is 0 Å². The molecule has 3 rings (SSSR count). The summed E-state index contributed by atoms with van der Waals surface area (Å²) in [5, 5.41) is 2.32. The van der Waals surface area contributed by atoms with E-state index in [9.17, 15) is 30.8 Å². The zero-order valence-electron chi connectivity index (χ0n) is 14.9. The molecule has 0 bridgehead atoms. The van der Waals surface area contributed by atoms with E-state index in [4.69, 9.17) is 0 Å². The van der Waals surface area contributed by atoms with Gasteiger partial charge >= 0.3 is 0 Å². The first-order valence-electron chi connectivity index (χ1n) is 8.56. The van der Waals surface area contributed by atoms with E-state index < -0.39 is 51.6 Å². The first-order valence-corrected chi connectivity index (χ1v) is 10.00. The number of hydrogen-bond acceptors (Lipinski definition) is 4. The van der Waals surface area contributed by atoms with Gasteiger partial charge in [0.25, 0.3) is 5.91 Å². The van der Waals surface area contributed by atoms with Gasteiger partial charge in [0, 0.05) is 24.8 Å². The van der Waals surface area contributed by atoms with E-state index in [1.165, 1.54) is 28.6 Å². The SMILES string of the molecule is O=C(COc1c(F)c(F)cc(F)c1F)Nc1ccc(S(=O)(=O)N2CCCC2)cc1. The Bertz CT molecular complexity index is 997. The third-order valence-corrected chi connectivity index (χ3v) is 6.17. The molecule has 156 valence electrons. The zero-order valence-corrected chi connectivity index (χ0v) is 15.7. The van der Waals surface area contributed by atoms with Crippen LogP contribution in [0.4, 0.5) is 23.2 Å². The maximum atomic E-state index is 13.5. The maximum absolute atomic E-state index is 13.5. The Hall–Kier alpha value is -2.66. The van der Waals surface area contributed by atoms with Gasteiger partial charge in [0.2, 0.25) is 21.7 Å². The third-order valence-electron chi connectivity index (χ3n) is 4.26. The summed E-state index contributed by atoms with van der Waals surface area (Å²) in [7, 11) is -3.61. The monoisotopic (exact) mass is 432 g/mol. The molecule has 1 saturated heterocycles. The van der Waals surface area contributed by atoms with E-state index in [-0.39, 0.29) is 16.6 Å². The Morgan fingerprint density at radius 1 is 1.00 bits per heavy atom. The summed E-state index contributed by atoms with van der Waals surface area (Å²) < 4.78 is 84.1. The Kier molecular flexibility index (Phi) is 6.08. The zero-order chi connectivity index (χ0) is 21.2. The lowest BCUT2D eigenvalue weighted by Gasteiger charge is -2.15. The van der Waals surface area contributed by atoms with E-state index in [0.29, 0.717) is 13.1 Å². The molecule has 6 nitrogen and oxygen atoms in total. The van der Waals surface area contributed by atoms with Crippen LogP contribution in [0.3, 0.4) is 0 Å². The highest BCUT2D eigenvalue weighted by Gasteiger charge is 2.27. The van der Waals surface area contributed by atoms with Crippen LogP contribution in [0, 0.1) is 23.3 Å². The molecule has 0 unspecified atom stereocenters. The number of benzene rings is 2. The van der Waals surface area contributed by atoms with Gasteiger partial charge in [-0.15, -0.1) is 0 Å². The summed E-state index contributed by atoms with van der Waals surface area (Å²) in [6.45, 7) is -0.0253. The number of halogens is 4. The fraction of sp³-hybridized carbons (Fsp3) is 0.278. The fourth-order valence-corrected chi connectivity index (χ4v) is 4.32. The number of carbonyl (C=O) groups excluding carboxylic acids is 1. The average Bonchev–Trinajstić information content (AvgIpc) is 3.22. The standard InChI is InChI=1S/C18H16F4N2O4S/c19-13-9-14(20)17(22)18(16(13)21)28-10-15(25)23-11-3-5-12(6-4-11)29(26,27)24-7-1-2-8-24/h3-6,9H,1-2,7-8,10H2,(H,23,25). The minimum absolute atomic E-state index is 0.0232. The molecular weight excluding hydrogens is 416 g/mol. The number of amides is 1. The van der Waals surface area contributed by atoms with Crippen molar-refractivity contribution in [3.8, 4) is 5.75 Å². The average molecular weight is 432 g/mol. The topological polar surface area (TPSA) is 75.7 Å². The van der Waals surface area contributed by atoms with Crippen LogP contribution in [0.5, 0.6) is 5.75 Å². The first-order chi connectivity index (χ1) is 13.7. The minimum atomic E-state index is -3.61. The van der Waals surface area contributed by atoms with Gasteiger partial charge in [-0.1, -0.05) is 0 Å². The second kappa shape index (κ2) is 8.37. The summed E-state index contributed by atoms with van der Waals surface area (Å²) in [5.41, 5.74) is 0.199. The second-order valence-electron chi connectivity index (χ2n) is 6.27. The van der Waals surface area contributed by atoms with Crippen LogP contribution in [0.1, 0.15) is 12.8 Å². The third kappa shape index (κ3) is 4.51. The van der Waals surface area contributed by atoms with Crippen molar-refractivity contribution in [2.45, 2.75) is 17.7 Å². The summed E-state index contributed by atoms with van der Waals surface area (Å²) in [6.07, 6.45) is 1.59.